The van der Waals surface area contributed by atoms with Crippen LogP contribution in [-0.2, 0) is 0 Å². The molecule has 0 aliphatic heterocycles. The molecule has 2 aromatic carbocycles. The largest absolute Gasteiger partial charge is 0.506 e. The molecule has 4 rings (SSSR count). The number of benzene rings is 2. The topological polar surface area (TPSA) is 101 Å². The Morgan fingerprint density at radius 1 is 1.17 bits per heavy atom. The van der Waals surface area contributed by atoms with E-state index in [1.54, 1.807) is 49.6 Å². The van der Waals surface area contributed by atoms with Gasteiger partial charge >= 0.3 is 0 Å². The average molecular weight is 383 g/mol. The zero-order chi connectivity index (χ0) is 20.5. The molecule has 0 radical (unpaired) electrons. The van der Waals surface area contributed by atoms with Crippen molar-refractivity contribution in [3.63, 3.8) is 0 Å². The molecule has 29 heavy (non-hydrogen) atoms. The Balaban J connectivity index is 1.99. The molecule has 142 valence electrons. The number of rotatable bonds is 3. The van der Waals surface area contributed by atoms with Crippen LogP contribution in [0.3, 0.4) is 0 Å². The summed E-state index contributed by atoms with van der Waals surface area (Å²) in [5.74, 6) is 3.20. The van der Waals surface area contributed by atoms with Crippen molar-refractivity contribution in [1.29, 1.82) is 0 Å². The highest BCUT2D eigenvalue weighted by molar-refractivity contribution is 5.92. The number of aromatic nitrogens is 2. The van der Waals surface area contributed by atoms with Crippen LogP contribution in [0.1, 0.15) is 5.56 Å². The Morgan fingerprint density at radius 3 is 2.59 bits per heavy atom. The Bertz CT molecular complexity index is 1330. The van der Waals surface area contributed by atoms with Crippen LogP contribution in [0.15, 0.2) is 59.4 Å². The zero-order valence-electron chi connectivity index (χ0n) is 15.6. The quantitative estimate of drug-likeness (QED) is 0.470. The standard InChI is InChI=1S/C23H17N3O3/c1-3-15-17(13-8-10-14(29-2)11-9-13)12-19(25-22(15)24)20-21(27)16-6-4-5-7-18(16)26-23(20)28/h1,4-12H,2H3,(H2,24,25)(H2,26,27,28). The van der Waals surface area contributed by atoms with Gasteiger partial charge in [0.1, 0.15) is 22.9 Å². The number of aromatic amines is 1. The maximum Gasteiger partial charge on any atom is 0.261 e. The van der Waals surface area contributed by atoms with Crippen LogP contribution in [0.2, 0.25) is 0 Å². The number of para-hydroxylation sites is 1. The first-order chi connectivity index (χ1) is 14.0. The van der Waals surface area contributed by atoms with Crippen LogP contribution in [0, 0.1) is 12.3 Å². The van der Waals surface area contributed by atoms with Gasteiger partial charge in [-0.25, -0.2) is 4.98 Å². The summed E-state index contributed by atoms with van der Waals surface area (Å²) in [6.45, 7) is 0. The normalized spacial score (nSPS) is 10.6. The third-order valence-corrected chi connectivity index (χ3v) is 4.74. The number of hydrogen-bond donors (Lipinski definition) is 3. The number of nitrogens with zero attached hydrogens (tertiary/aromatic N) is 1. The Labute approximate surface area is 166 Å². The second kappa shape index (κ2) is 7.06. The summed E-state index contributed by atoms with van der Waals surface area (Å²) in [4.78, 5) is 19.8. The van der Waals surface area contributed by atoms with Gasteiger partial charge in [-0.2, -0.15) is 0 Å². The summed E-state index contributed by atoms with van der Waals surface area (Å²) in [5.41, 5.74) is 8.26. The summed E-state index contributed by atoms with van der Waals surface area (Å²) < 4.78 is 5.19. The molecule has 2 aromatic heterocycles. The lowest BCUT2D eigenvalue weighted by Gasteiger charge is -2.13. The average Bonchev–Trinajstić information content (AvgIpc) is 2.73. The second-order valence-corrected chi connectivity index (χ2v) is 6.41. The Hall–Kier alpha value is -4.24. The number of pyridine rings is 2. The van der Waals surface area contributed by atoms with Gasteiger partial charge in [0.2, 0.25) is 0 Å². The van der Waals surface area contributed by atoms with Gasteiger partial charge in [-0.3, -0.25) is 4.79 Å². The molecule has 6 nitrogen and oxygen atoms in total. The SMILES string of the molecule is C#Cc1c(-c2ccc(OC)cc2)cc(-c2c(O)c3ccccc3[nH]c2=O)nc1N. The number of nitrogens with one attached hydrogen (secondary N) is 1. The number of hydrogen-bond acceptors (Lipinski definition) is 5. The van der Waals surface area contributed by atoms with Gasteiger partial charge in [-0.15, -0.1) is 6.42 Å². The van der Waals surface area contributed by atoms with Gasteiger partial charge in [0, 0.05) is 10.9 Å². The predicted molar refractivity (Wildman–Crippen MR) is 114 cm³/mol. The smallest absolute Gasteiger partial charge is 0.261 e. The number of aromatic hydroxyl groups is 1. The highest BCUT2D eigenvalue weighted by Crippen LogP contribution is 2.35. The van der Waals surface area contributed by atoms with Crippen molar-refractivity contribution in [2.24, 2.45) is 0 Å². The monoisotopic (exact) mass is 383 g/mol. The molecule has 0 unspecified atom stereocenters. The molecular weight excluding hydrogens is 366 g/mol. The fourth-order valence-corrected chi connectivity index (χ4v) is 3.31. The zero-order valence-corrected chi connectivity index (χ0v) is 15.6. The van der Waals surface area contributed by atoms with Crippen LogP contribution in [0.25, 0.3) is 33.3 Å². The van der Waals surface area contributed by atoms with E-state index in [2.05, 4.69) is 15.9 Å². The summed E-state index contributed by atoms with van der Waals surface area (Å²) in [6, 6.07) is 15.9. The molecule has 0 fully saturated rings. The van der Waals surface area contributed by atoms with Gasteiger partial charge in [0.25, 0.3) is 5.56 Å². The number of nitrogens with two attached hydrogens (primary N) is 1. The van der Waals surface area contributed by atoms with Crippen molar-refractivity contribution < 1.29 is 9.84 Å². The van der Waals surface area contributed by atoms with Gasteiger partial charge in [0.05, 0.1) is 23.9 Å². The van der Waals surface area contributed by atoms with Gasteiger partial charge in [0.15, 0.2) is 0 Å². The highest BCUT2D eigenvalue weighted by atomic mass is 16.5. The minimum absolute atomic E-state index is 0.0359. The molecule has 0 aliphatic rings. The van der Waals surface area contributed by atoms with Gasteiger partial charge in [-0.1, -0.05) is 30.2 Å². The lowest BCUT2D eigenvalue weighted by molar-refractivity contribution is 0.415. The number of ether oxygens (including phenoxy) is 1. The molecular formula is C23H17N3O3. The van der Waals surface area contributed by atoms with Gasteiger partial charge < -0.3 is 20.6 Å². The fourth-order valence-electron chi connectivity index (χ4n) is 3.31. The van der Waals surface area contributed by atoms with Crippen molar-refractivity contribution in [3.8, 4) is 46.2 Å². The van der Waals surface area contributed by atoms with E-state index >= 15 is 0 Å². The van der Waals surface area contributed by atoms with E-state index in [4.69, 9.17) is 16.9 Å². The summed E-state index contributed by atoms with van der Waals surface area (Å²) in [6.07, 6.45) is 5.66. The van der Waals surface area contributed by atoms with E-state index in [1.165, 1.54) is 0 Å². The molecule has 0 saturated carbocycles. The lowest BCUT2D eigenvalue weighted by Crippen LogP contribution is -2.11. The van der Waals surface area contributed by atoms with E-state index in [0.717, 1.165) is 5.56 Å². The van der Waals surface area contributed by atoms with Crippen molar-refractivity contribution in [2.45, 2.75) is 0 Å². The molecule has 2 heterocycles. The van der Waals surface area contributed by atoms with Crippen molar-refractivity contribution in [3.05, 3.63) is 70.5 Å². The molecule has 0 aliphatic carbocycles. The van der Waals surface area contributed by atoms with Crippen LogP contribution in [0.5, 0.6) is 11.5 Å². The summed E-state index contributed by atoms with van der Waals surface area (Å²) >= 11 is 0. The number of anilines is 1. The maximum absolute atomic E-state index is 12.7. The first kappa shape index (κ1) is 18.1. The number of terminal acetylenes is 1. The summed E-state index contributed by atoms with van der Waals surface area (Å²) in [5, 5.41) is 11.3. The first-order valence-corrected chi connectivity index (χ1v) is 8.79. The highest BCUT2D eigenvalue weighted by Gasteiger charge is 2.19. The molecule has 4 aromatic rings. The minimum atomic E-state index is -0.470. The second-order valence-electron chi connectivity index (χ2n) is 6.41. The molecule has 0 spiro atoms. The van der Waals surface area contributed by atoms with E-state index in [0.29, 0.717) is 27.8 Å². The molecule has 0 saturated heterocycles. The Morgan fingerprint density at radius 2 is 1.90 bits per heavy atom. The van der Waals surface area contributed by atoms with Crippen LogP contribution >= 0.6 is 0 Å². The molecule has 0 amide bonds. The van der Waals surface area contributed by atoms with E-state index in [-0.39, 0.29) is 22.8 Å². The third-order valence-electron chi connectivity index (χ3n) is 4.74. The summed E-state index contributed by atoms with van der Waals surface area (Å²) in [7, 11) is 1.58. The maximum atomic E-state index is 12.7. The molecule has 0 atom stereocenters. The molecule has 0 bridgehead atoms. The van der Waals surface area contributed by atoms with Gasteiger partial charge in [-0.05, 0) is 35.9 Å². The van der Waals surface area contributed by atoms with Crippen molar-refractivity contribution in [2.75, 3.05) is 12.8 Å². The molecule has 4 N–H and O–H groups in total. The van der Waals surface area contributed by atoms with Crippen LogP contribution in [0.4, 0.5) is 5.82 Å². The minimum Gasteiger partial charge on any atom is -0.506 e. The fraction of sp³-hybridized carbons (Fsp3) is 0.0435. The Kier molecular flexibility index (Phi) is 4.41. The van der Waals surface area contributed by atoms with Crippen LogP contribution in [-0.4, -0.2) is 22.2 Å². The van der Waals surface area contributed by atoms with Crippen molar-refractivity contribution >= 4 is 16.7 Å². The predicted octanol–water partition coefficient (Wildman–Crippen LogP) is 3.53. The number of fused-ring (bicyclic) bond motifs is 1. The van der Waals surface area contributed by atoms with E-state index in [9.17, 15) is 9.90 Å². The molecule has 6 heteroatoms. The number of H-pyrrole nitrogens is 1. The lowest BCUT2D eigenvalue weighted by atomic mass is 9.97. The number of nitrogen functional groups attached to an aromatic ring is 1. The van der Waals surface area contributed by atoms with E-state index < -0.39 is 5.56 Å². The first-order valence-electron chi connectivity index (χ1n) is 8.79. The third kappa shape index (κ3) is 3.05. The van der Waals surface area contributed by atoms with Crippen LogP contribution < -0.4 is 16.0 Å². The number of methoxy groups -OCH3 is 1. The van der Waals surface area contributed by atoms with E-state index in [1.807, 2.05) is 12.1 Å². The van der Waals surface area contributed by atoms with Crippen molar-refractivity contribution in [1.82, 2.24) is 9.97 Å².